The van der Waals surface area contributed by atoms with Gasteiger partial charge in [-0.2, -0.15) is 0 Å². The molecule has 0 aromatic carbocycles. The van der Waals surface area contributed by atoms with Gasteiger partial charge in [0.15, 0.2) is 0 Å². The maximum absolute atomic E-state index is 4.31. The SMILES string of the molecule is CCNc1cc(CN(CC)CCCN(C)C)ccn1. The van der Waals surface area contributed by atoms with Gasteiger partial charge in [-0.3, -0.25) is 4.90 Å². The van der Waals surface area contributed by atoms with Gasteiger partial charge in [0.2, 0.25) is 0 Å². The number of pyridine rings is 1. The van der Waals surface area contributed by atoms with E-state index in [1.54, 1.807) is 0 Å². The molecule has 4 heteroatoms. The molecule has 1 N–H and O–H groups in total. The fraction of sp³-hybridized carbons (Fsp3) is 0.667. The van der Waals surface area contributed by atoms with Crippen LogP contribution in [0.5, 0.6) is 0 Å². The Labute approximate surface area is 117 Å². The summed E-state index contributed by atoms with van der Waals surface area (Å²) in [5, 5.41) is 3.26. The van der Waals surface area contributed by atoms with Crippen molar-refractivity contribution < 1.29 is 0 Å². The Bertz CT molecular complexity index is 352. The number of nitrogens with one attached hydrogen (secondary N) is 1. The molecule has 0 saturated carbocycles. The van der Waals surface area contributed by atoms with Crippen LogP contribution in [0.4, 0.5) is 5.82 Å². The van der Waals surface area contributed by atoms with Crippen LogP contribution < -0.4 is 5.32 Å². The summed E-state index contributed by atoms with van der Waals surface area (Å²) in [7, 11) is 4.25. The van der Waals surface area contributed by atoms with E-state index < -0.39 is 0 Å². The zero-order chi connectivity index (χ0) is 14.1. The van der Waals surface area contributed by atoms with E-state index in [1.165, 1.54) is 12.0 Å². The highest BCUT2D eigenvalue weighted by atomic mass is 15.1. The highest BCUT2D eigenvalue weighted by molar-refractivity contribution is 5.37. The van der Waals surface area contributed by atoms with E-state index in [2.05, 4.69) is 60.2 Å². The van der Waals surface area contributed by atoms with Crippen molar-refractivity contribution in [1.29, 1.82) is 0 Å². The molecule has 0 amide bonds. The average Bonchev–Trinajstić information content (AvgIpc) is 2.38. The summed E-state index contributed by atoms with van der Waals surface area (Å²) < 4.78 is 0. The molecule has 0 bridgehead atoms. The second-order valence-corrected chi connectivity index (χ2v) is 5.11. The lowest BCUT2D eigenvalue weighted by Gasteiger charge is -2.21. The molecule has 0 spiro atoms. The molecule has 1 aromatic rings. The number of nitrogens with zero attached hydrogens (tertiary/aromatic N) is 3. The summed E-state index contributed by atoms with van der Waals surface area (Å²) in [6.45, 7) is 9.62. The molecule has 108 valence electrons. The minimum Gasteiger partial charge on any atom is -0.370 e. The average molecular weight is 264 g/mol. The molecule has 0 fully saturated rings. The lowest BCUT2D eigenvalue weighted by Crippen LogP contribution is -2.27. The molecule has 0 aliphatic carbocycles. The zero-order valence-corrected chi connectivity index (χ0v) is 12.8. The van der Waals surface area contributed by atoms with Crippen LogP contribution in [-0.2, 0) is 6.54 Å². The summed E-state index contributed by atoms with van der Waals surface area (Å²) in [5.41, 5.74) is 1.33. The second kappa shape index (κ2) is 8.88. The largest absolute Gasteiger partial charge is 0.370 e. The maximum Gasteiger partial charge on any atom is 0.126 e. The van der Waals surface area contributed by atoms with Crippen molar-refractivity contribution in [3.63, 3.8) is 0 Å². The standard InChI is InChI=1S/C15H28N4/c1-5-16-15-12-14(8-9-17-15)13-19(6-2)11-7-10-18(3)4/h8-9,12H,5-7,10-11,13H2,1-4H3,(H,16,17). The third kappa shape index (κ3) is 6.55. The molecule has 0 radical (unpaired) electrons. The Morgan fingerprint density at radius 2 is 2.00 bits per heavy atom. The van der Waals surface area contributed by atoms with Crippen LogP contribution in [0.3, 0.4) is 0 Å². The molecule has 19 heavy (non-hydrogen) atoms. The van der Waals surface area contributed by atoms with E-state index in [4.69, 9.17) is 0 Å². The van der Waals surface area contributed by atoms with E-state index in [-0.39, 0.29) is 0 Å². The van der Waals surface area contributed by atoms with Crippen molar-refractivity contribution in [2.75, 3.05) is 45.6 Å². The Hall–Kier alpha value is -1.13. The molecular weight excluding hydrogens is 236 g/mol. The van der Waals surface area contributed by atoms with Gasteiger partial charge >= 0.3 is 0 Å². The third-order valence-corrected chi connectivity index (χ3v) is 3.12. The molecule has 0 aliphatic rings. The van der Waals surface area contributed by atoms with Crippen molar-refractivity contribution in [3.8, 4) is 0 Å². The van der Waals surface area contributed by atoms with Gasteiger partial charge in [-0.05, 0) is 64.8 Å². The van der Waals surface area contributed by atoms with Gasteiger partial charge in [0, 0.05) is 19.3 Å². The van der Waals surface area contributed by atoms with Crippen LogP contribution in [-0.4, -0.2) is 55.1 Å². The molecule has 0 aliphatic heterocycles. The first-order chi connectivity index (χ1) is 9.15. The van der Waals surface area contributed by atoms with E-state index in [9.17, 15) is 0 Å². The number of anilines is 1. The first-order valence-electron chi connectivity index (χ1n) is 7.21. The quantitative estimate of drug-likeness (QED) is 0.741. The molecular formula is C15H28N4. The van der Waals surface area contributed by atoms with E-state index in [1.807, 2.05) is 6.20 Å². The molecule has 4 nitrogen and oxygen atoms in total. The Morgan fingerprint density at radius 1 is 1.21 bits per heavy atom. The third-order valence-electron chi connectivity index (χ3n) is 3.12. The molecule has 1 rings (SSSR count). The number of hydrogen-bond acceptors (Lipinski definition) is 4. The van der Waals surface area contributed by atoms with Crippen molar-refractivity contribution in [2.24, 2.45) is 0 Å². The zero-order valence-electron chi connectivity index (χ0n) is 12.8. The normalized spacial score (nSPS) is 11.3. The van der Waals surface area contributed by atoms with Crippen LogP contribution in [0, 0.1) is 0 Å². The van der Waals surface area contributed by atoms with Gasteiger partial charge in [0.05, 0.1) is 0 Å². The van der Waals surface area contributed by atoms with E-state index >= 15 is 0 Å². The Balaban J connectivity index is 2.47. The Morgan fingerprint density at radius 3 is 2.63 bits per heavy atom. The van der Waals surface area contributed by atoms with Crippen LogP contribution in [0.25, 0.3) is 0 Å². The van der Waals surface area contributed by atoms with Gasteiger partial charge in [0.1, 0.15) is 5.82 Å². The number of rotatable bonds is 9. The van der Waals surface area contributed by atoms with Gasteiger partial charge in [-0.1, -0.05) is 6.92 Å². The first-order valence-corrected chi connectivity index (χ1v) is 7.21. The molecule has 1 aromatic heterocycles. The van der Waals surface area contributed by atoms with E-state index in [0.717, 1.165) is 38.5 Å². The molecule has 0 saturated heterocycles. The van der Waals surface area contributed by atoms with Crippen LogP contribution in [0.2, 0.25) is 0 Å². The van der Waals surface area contributed by atoms with Crippen molar-refractivity contribution >= 4 is 5.82 Å². The highest BCUT2D eigenvalue weighted by Gasteiger charge is 2.05. The minimum atomic E-state index is 0.913. The summed E-state index contributed by atoms with van der Waals surface area (Å²) in [4.78, 5) is 9.03. The second-order valence-electron chi connectivity index (χ2n) is 5.11. The minimum absolute atomic E-state index is 0.913. The van der Waals surface area contributed by atoms with Gasteiger partial charge < -0.3 is 10.2 Å². The lowest BCUT2D eigenvalue weighted by atomic mass is 10.2. The highest BCUT2D eigenvalue weighted by Crippen LogP contribution is 2.09. The van der Waals surface area contributed by atoms with Crippen molar-refractivity contribution in [1.82, 2.24) is 14.8 Å². The summed E-state index contributed by atoms with van der Waals surface area (Å²) >= 11 is 0. The fourth-order valence-electron chi connectivity index (χ4n) is 2.07. The first kappa shape index (κ1) is 15.9. The van der Waals surface area contributed by atoms with Crippen molar-refractivity contribution in [2.45, 2.75) is 26.8 Å². The summed E-state index contributed by atoms with van der Waals surface area (Å²) in [6.07, 6.45) is 3.10. The smallest absolute Gasteiger partial charge is 0.126 e. The Kier molecular flexibility index (Phi) is 7.45. The summed E-state index contributed by atoms with van der Waals surface area (Å²) in [6, 6.07) is 4.26. The topological polar surface area (TPSA) is 31.4 Å². The van der Waals surface area contributed by atoms with Crippen LogP contribution in [0.15, 0.2) is 18.3 Å². The summed E-state index contributed by atoms with van der Waals surface area (Å²) in [5.74, 6) is 0.976. The predicted molar refractivity (Wildman–Crippen MR) is 82.5 cm³/mol. The molecule has 1 heterocycles. The van der Waals surface area contributed by atoms with Gasteiger partial charge in [-0.25, -0.2) is 4.98 Å². The monoisotopic (exact) mass is 264 g/mol. The fourth-order valence-corrected chi connectivity index (χ4v) is 2.07. The maximum atomic E-state index is 4.31. The lowest BCUT2D eigenvalue weighted by molar-refractivity contribution is 0.259. The molecule has 0 unspecified atom stereocenters. The van der Waals surface area contributed by atoms with Crippen LogP contribution in [0.1, 0.15) is 25.8 Å². The van der Waals surface area contributed by atoms with Crippen LogP contribution >= 0.6 is 0 Å². The van der Waals surface area contributed by atoms with Crippen molar-refractivity contribution in [3.05, 3.63) is 23.9 Å². The molecule has 0 atom stereocenters. The number of hydrogen-bond donors (Lipinski definition) is 1. The van der Waals surface area contributed by atoms with Gasteiger partial charge in [-0.15, -0.1) is 0 Å². The predicted octanol–water partition coefficient (Wildman–Crippen LogP) is 2.29. The van der Waals surface area contributed by atoms with Gasteiger partial charge in [0.25, 0.3) is 0 Å². The number of aromatic nitrogens is 1. The van der Waals surface area contributed by atoms with E-state index in [0.29, 0.717) is 0 Å².